The smallest absolute Gasteiger partial charge is 0.0357 e. The number of nitrogens with one attached hydrogen (secondary N) is 1. The Morgan fingerprint density at radius 1 is 1.13 bits per heavy atom. The fourth-order valence-corrected chi connectivity index (χ4v) is 3.43. The Kier molecular flexibility index (Phi) is 5.07. The van der Waals surface area contributed by atoms with Crippen molar-refractivity contribution in [3.05, 3.63) is 0 Å². The van der Waals surface area contributed by atoms with E-state index in [1.54, 1.807) is 0 Å². The number of likely N-dealkylation sites (tertiary alicyclic amines) is 1. The molecule has 0 radical (unpaired) electrons. The van der Waals surface area contributed by atoms with Gasteiger partial charge in [-0.3, -0.25) is 4.90 Å². The lowest BCUT2D eigenvalue weighted by Crippen LogP contribution is -2.59. The van der Waals surface area contributed by atoms with Crippen LogP contribution in [0, 0.1) is 0 Å². The fourth-order valence-electron chi connectivity index (χ4n) is 3.43. The van der Waals surface area contributed by atoms with Crippen molar-refractivity contribution < 1.29 is 0 Å². The molecule has 1 heterocycles. The minimum Gasteiger partial charge on any atom is -0.315 e. The third-order valence-electron chi connectivity index (χ3n) is 4.37. The first-order valence-electron chi connectivity index (χ1n) is 6.67. The van der Waals surface area contributed by atoms with Gasteiger partial charge in [0.1, 0.15) is 0 Å². The predicted octanol–water partition coefficient (Wildman–Crippen LogP) is 2.64. The maximum absolute atomic E-state index is 3.53. The normalized spacial score (nSPS) is 20.8. The summed E-state index contributed by atoms with van der Waals surface area (Å²) in [5.41, 5.74) is 0.403. The Labute approximate surface area is 95.4 Å². The van der Waals surface area contributed by atoms with Crippen molar-refractivity contribution in [2.45, 2.75) is 64.5 Å². The molecule has 90 valence electrons. The lowest BCUT2D eigenvalue weighted by atomic mass is 9.81. The van der Waals surface area contributed by atoms with Crippen LogP contribution in [0.3, 0.4) is 0 Å². The standard InChI is InChI=1S/C13H28N2/c1-5-12(14-4)13(6-2,7-3)15-10-8-9-11-15/h12,14H,5-11H2,1-4H3. The Bertz CT molecular complexity index is 161. The molecule has 2 heteroatoms. The van der Waals surface area contributed by atoms with Crippen molar-refractivity contribution >= 4 is 0 Å². The van der Waals surface area contributed by atoms with Crippen molar-refractivity contribution in [3.63, 3.8) is 0 Å². The van der Waals surface area contributed by atoms with Gasteiger partial charge < -0.3 is 5.32 Å². The van der Waals surface area contributed by atoms with E-state index in [1.807, 2.05) is 0 Å². The molecule has 15 heavy (non-hydrogen) atoms. The molecule has 1 aliphatic rings. The van der Waals surface area contributed by atoms with Crippen LogP contribution in [0.5, 0.6) is 0 Å². The highest BCUT2D eigenvalue weighted by Gasteiger charge is 2.40. The van der Waals surface area contributed by atoms with E-state index in [0.717, 1.165) is 0 Å². The van der Waals surface area contributed by atoms with Gasteiger partial charge in [-0.15, -0.1) is 0 Å². The van der Waals surface area contributed by atoms with Crippen LogP contribution in [0.15, 0.2) is 0 Å². The van der Waals surface area contributed by atoms with Gasteiger partial charge in [0.2, 0.25) is 0 Å². The zero-order valence-electron chi connectivity index (χ0n) is 11.0. The molecule has 1 N–H and O–H groups in total. The van der Waals surface area contributed by atoms with E-state index >= 15 is 0 Å². The molecular weight excluding hydrogens is 184 g/mol. The highest BCUT2D eigenvalue weighted by Crippen LogP contribution is 2.32. The minimum atomic E-state index is 0.403. The summed E-state index contributed by atoms with van der Waals surface area (Å²) in [5.74, 6) is 0. The highest BCUT2D eigenvalue weighted by molar-refractivity contribution is 4.99. The molecule has 0 spiro atoms. The maximum Gasteiger partial charge on any atom is 0.0357 e. The van der Waals surface area contributed by atoms with Gasteiger partial charge in [-0.25, -0.2) is 0 Å². The molecule has 0 amide bonds. The molecule has 1 unspecified atom stereocenters. The van der Waals surface area contributed by atoms with Crippen molar-refractivity contribution in [2.75, 3.05) is 20.1 Å². The van der Waals surface area contributed by atoms with Crippen LogP contribution in [0.1, 0.15) is 52.9 Å². The van der Waals surface area contributed by atoms with E-state index in [4.69, 9.17) is 0 Å². The molecule has 1 saturated heterocycles. The van der Waals surface area contributed by atoms with E-state index in [0.29, 0.717) is 11.6 Å². The van der Waals surface area contributed by atoms with Gasteiger partial charge in [0, 0.05) is 11.6 Å². The Hall–Kier alpha value is -0.0800. The molecule has 0 saturated carbocycles. The SMILES string of the molecule is CCC(NC)C(CC)(CC)N1CCCC1. The summed E-state index contributed by atoms with van der Waals surface area (Å²) < 4.78 is 0. The molecule has 1 rings (SSSR count). The van der Waals surface area contributed by atoms with Crippen LogP contribution in [-0.2, 0) is 0 Å². The van der Waals surface area contributed by atoms with Crippen LogP contribution in [-0.4, -0.2) is 36.6 Å². The fraction of sp³-hybridized carbons (Fsp3) is 1.00. The Balaban J connectivity index is 2.83. The van der Waals surface area contributed by atoms with Crippen molar-refractivity contribution in [3.8, 4) is 0 Å². The molecule has 1 fully saturated rings. The van der Waals surface area contributed by atoms with E-state index in [1.165, 1.54) is 45.2 Å². The van der Waals surface area contributed by atoms with E-state index < -0.39 is 0 Å². The van der Waals surface area contributed by atoms with Gasteiger partial charge in [0.05, 0.1) is 0 Å². The van der Waals surface area contributed by atoms with Gasteiger partial charge >= 0.3 is 0 Å². The monoisotopic (exact) mass is 212 g/mol. The lowest BCUT2D eigenvalue weighted by molar-refractivity contribution is 0.0635. The second kappa shape index (κ2) is 5.86. The maximum atomic E-state index is 3.53. The van der Waals surface area contributed by atoms with E-state index in [2.05, 4.69) is 38.0 Å². The van der Waals surface area contributed by atoms with Gasteiger partial charge in [-0.05, 0) is 52.2 Å². The molecular formula is C13H28N2. The van der Waals surface area contributed by atoms with Gasteiger partial charge in [0.25, 0.3) is 0 Å². The largest absolute Gasteiger partial charge is 0.315 e. The first-order valence-corrected chi connectivity index (χ1v) is 6.67. The Morgan fingerprint density at radius 3 is 2.00 bits per heavy atom. The lowest BCUT2D eigenvalue weighted by Gasteiger charge is -2.46. The summed E-state index contributed by atoms with van der Waals surface area (Å²) in [6.07, 6.45) is 6.55. The number of rotatable bonds is 6. The summed E-state index contributed by atoms with van der Waals surface area (Å²) in [7, 11) is 2.12. The van der Waals surface area contributed by atoms with Crippen molar-refractivity contribution in [1.82, 2.24) is 10.2 Å². The predicted molar refractivity (Wildman–Crippen MR) is 67.3 cm³/mol. The molecule has 0 aromatic heterocycles. The van der Waals surface area contributed by atoms with Crippen LogP contribution < -0.4 is 5.32 Å². The molecule has 0 bridgehead atoms. The zero-order chi connectivity index (χ0) is 11.3. The second-order valence-electron chi connectivity index (χ2n) is 4.75. The van der Waals surface area contributed by atoms with Crippen LogP contribution >= 0.6 is 0 Å². The van der Waals surface area contributed by atoms with Gasteiger partial charge in [0.15, 0.2) is 0 Å². The Morgan fingerprint density at radius 2 is 1.67 bits per heavy atom. The highest BCUT2D eigenvalue weighted by atomic mass is 15.2. The summed E-state index contributed by atoms with van der Waals surface area (Å²) >= 11 is 0. The molecule has 0 aromatic rings. The van der Waals surface area contributed by atoms with Gasteiger partial charge in [-0.2, -0.15) is 0 Å². The zero-order valence-corrected chi connectivity index (χ0v) is 11.0. The van der Waals surface area contributed by atoms with Gasteiger partial charge in [-0.1, -0.05) is 20.8 Å². The topological polar surface area (TPSA) is 15.3 Å². The van der Waals surface area contributed by atoms with Crippen LogP contribution in [0.25, 0.3) is 0 Å². The van der Waals surface area contributed by atoms with E-state index in [-0.39, 0.29) is 0 Å². The summed E-state index contributed by atoms with van der Waals surface area (Å²) in [5, 5.41) is 3.53. The third-order valence-corrected chi connectivity index (χ3v) is 4.37. The molecule has 0 aliphatic carbocycles. The van der Waals surface area contributed by atoms with Crippen LogP contribution in [0.2, 0.25) is 0 Å². The average molecular weight is 212 g/mol. The molecule has 1 aliphatic heterocycles. The first-order chi connectivity index (χ1) is 7.25. The number of likely N-dealkylation sites (N-methyl/N-ethyl adjacent to an activating group) is 1. The molecule has 2 nitrogen and oxygen atoms in total. The summed E-state index contributed by atoms with van der Waals surface area (Å²) in [4.78, 5) is 2.73. The number of hydrogen-bond acceptors (Lipinski definition) is 2. The second-order valence-corrected chi connectivity index (χ2v) is 4.75. The molecule has 0 aromatic carbocycles. The third kappa shape index (κ3) is 2.36. The number of nitrogens with zero attached hydrogens (tertiary/aromatic N) is 1. The van der Waals surface area contributed by atoms with E-state index in [9.17, 15) is 0 Å². The quantitative estimate of drug-likeness (QED) is 0.728. The number of hydrogen-bond donors (Lipinski definition) is 1. The summed E-state index contributed by atoms with van der Waals surface area (Å²) in [6, 6.07) is 0.644. The first kappa shape index (κ1) is 13.0. The van der Waals surface area contributed by atoms with Crippen molar-refractivity contribution in [1.29, 1.82) is 0 Å². The van der Waals surface area contributed by atoms with Crippen molar-refractivity contribution in [2.24, 2.45) is 0 Å². The van der Waals surface area contributed by atoms with Crippen LogP contribution in [0.4, 0.5) is 0 Å². The molecule has 1 atom stereocenters. The minimum absolute atomic E-state index is 0.403. The summed E-state index contributed by atoms with van der Waals surface area (Å²) in [6.45, 7) is 9.61. The average Bonchev–Trinajstić information content (AvgIpc) is 2.80.